The molecular formula is C12H21NO3. The monoisotopic (exact) mass is 227 g/mol. The van der Waals surface area contributed by atoms with Crippen LogP contribution in [0.5, 0.6) is 0 Å². The van der Waals surface area contributed by atoms with Gasteiger partial charge in [-0.05, 0) is 26.2 Å². The average Bonchev–Trinajstić information content (AvgIpc) is 2.53. The Morgan fingerprint density at radius 1 is 1.56 bits per heavy atom. The molecular weight excluding hydrogens is 206 g/mol. The summed E-state index contributed by atoms with van der Waals surface area (Å²) in [6, 6.07) is 0. The first-order valence-electron chi connectivity index (χ1n) is 5.86. The highest BCUT2D eigenvalue weighted by Gasteiger charge is 2.39. The second-order valence-corrected chi connectivity index (χ2v) is 3.94. The van der Waals surface area contributed by atoms with Gasteiger partial charge in [0.05, 0.1) is 6.61 Å². The maximum absolute atomic E-state index is 12.0. The summed E-state index contributed by atoms with van der Waals surface area (Å²) >= 11 is 0. The summed E-state index contributed by atoms with van der Waals surface area (Å²) in [5, 5.41) is 3.24. The molecule has 0 spiro atoms. The van der Waals surface area contributed by atoms with Crippen LogP contribution in [0.3, 0.4) is 0 Å². The van der Waals surface area contributed by atoms with Crippen LogP contribution in [-0.4, -0.2) is 37.9 Å². The van der Waals surface area contributed by atoms with Gasteiger partial charge < -0.3 is 9.47 Å². The van der Waals surface area contributed by atoms with E-state index in [-0.39, 0.29) is 5.97 Å². The molecule has 0 aliphatic carbocycles. The van der Waals surface area contributed by atoms with Crippen LogP contribution in [0.2, 0.25) is 0 Å². The summed E-state index contributed by atoms with van der Waals surface area (Å²) in [6.07, 6.45) is 4.06. The van der Waals surface area contributed by atoms with Crippen molar-refractivity contribution in [2.45, 2.75) is 31.7 Å². The molecule has 0 amide bonds. The van der Waals surface area contributed by atoms with Crippen molar-refractivity contribution < 1.29 is 14.3 Å². The number of esters is 1. The Labute approximate surface area is 97.0 Å². The summed E-state index contributed by atoms with van der Waals surface area (Å²) in [6.45, 7) is 7.83. The molecule has 0 bridgehead atoms. The SMILES string of the molecule is C=CCNC1(C(=O)OCC)CCCOCC1. The molecule has 0 saturated carbocycles. The molecule has 0 radical (unpaired) electrons. The van der Waals surface area contributed by atoms with Gasteiger partial charge in [0, 0.05) is 19.8 Å². The number of ether oxygens (including phenoxy) is 2. The van der Waals surface area contributed by atoms with Crippen LogP contribution in [0, 0.1) is 0 Å². The fourth-order valence-corrected chi connectivity index (χ4v) is 1.94. The van der Waals surface area contributed by atoms with Crippen LogP contribution in [0.1, 0.15) is 26.2 Å². The maximum atomic E-state index is 12.0. The number of carbonyl (C=O) groups excluding carboxylic acids is 1. The highest BCUT2D eigenvalue weighted by atomic mass is 16.5. The van der Waals surface area contributed by atoms with Gasteiger partial charge in [-0.25, -0.2) is 0 Å². The zero-order valence-electron chi connectivity index (χ0n) is 9.96. The molecule has 16 heavy (non-hydrogen) atoms. The van der Waals surface area contributed by atoms with Crippen molar-refractivity contribution in [3.05, 3.63) is 12.7 Å². The van der Waals surface area contributed by atoms with Gasteiger partial charge in [0.25, 0.3) is 0 Å². The highest BCUT2D eigenvalue weighted by Crippen LogP contribution is 2.23. The molecule has 0 aromatic carbocycles. The van der Waals surface area contributed by atoms with Crippen molar-refractivity contribution in [2.75, 3.05) is 26.4 Å². The van der Waals surface area contributed by atoms with Gasteiger partial charge in [0.1, 0.15) is 5.54 Å². The Morgan fingerprint density at radius 2 is 2.38 bits per heavy atom. The summed E-state index contributed by atoms with van der Waals surface area (Å²) in [7, 11) is 0. The maximum Gasteiger partial charge on any atom is 0.326 e. The summed E-state index contributed by atoms with van der Waals surface area (Å²) < 4.78 is 10.5. The summed E-state index contributed by atoms with van der Waals surface area (Å²) in [4.78, 5) is 12.0. The number of hydrogen-bond acceptors (Lipinski definition) is 4. The lowest BCUT2D eigenvalue weighted by molar-refractivity contribution is -0.152. The molecule has 1 fully saturated rings. The van der Waals surface area contributed by atoms with Crippen LogP contribution >= 0.6 is 0 Å². The van der Waals surface area contributed by atoms with E-state index in [2.05, 4.69) is 11.9 Å². The Balaban J connectivity index is 2.71. The third kappa shape index (κ3) is 3.32. The molecule has 1 saturated heterocycles. The van der Waals surface area contributed by atoms with Crippen LogP contribution < -0.4 is 5.32 Å². The fourth-order valence-electron chi connectivity index (χ4n) is 1.94. The molecule has 0 aromatic heterocycles. The summed E-state index contributed by atoms with van der Waals surface area (Å²) in [5.41, 5.74) is -0.583. The Bertz CT molecular complexity index is 232. The lowest BCUT2D eigenvalue weighted by Crippen LogP contribution is -2.53. The van der Waals surface area contributed by atoms with Gasteiger partial charge in [-0.1, -0.05) is 6.08 Å². The van der Waals surface area contributed by atoms with Crippen molar-refractivity contribution in [2.24, 2.45) is 0 Å². The molecule has 1 aliphatic rings. The topological polar surface area (TPSA) is 47.6 Å². The third-order valence-corrected chi connectivity index (χ3v) is 2.82. The molecule has 1 unspecified atom stereocenters. The van der Waals surface area contributed by atoms with Crippen molar-refractivity contribution in [3.8, 4) is 0 Å². The van der Waals surface area contributed by atoms with Crippen molar-refractivity contribution in [1.82, 2.24) is 5.32 Å². The largest absolute Gasteiger partial charge is 0.465 e. The van der Waals surface area contributed by atoms with Crippen LogP contribution in [0.4, 0.5) is 0 Å². The van der Waals surface area contributed by atoms with Crippen LogP contribution in [-0.2, 0) is 14.3 Å². The Hall–Kier alpha value is -0.870. The molecule has 1 rings (SSSR count). The first-order chi connectivity index (χ1) is 7.75. The van der Waals surface area contributed by atoms with E-state index in [9.17, 15) is 4.79 Å². The zero-order valence-corrected chi connectivity index (χ0v) is 9.96. The lowest BCUT2D eigenvalue weighted by atomic mass is 9.90. The number of nitrogens with one attached hydrogen (secondary N) is 1. The molecule has 4 heteroatoms. The minimum absolute atomic E-state index is 0.164. The first kappa shape index (κ1) is 13.2. The molecule has 4 nitrogen and oxygen atoms in total. The van der Waals surface area contributed by atoms with Crippen LogP contribution in [0.25, 0.3) is 0 Å². The predicted molar refractivity (Wildman–Crippen MR) is 62.2 cm³/mol. The second-order valence-electron chi connectivity index (χ2n) is 3.94. The first-order valence-corrected chi connectivity index (χ1v) is 5.86. The highest BCUT2D eigenvalue weighted by molar-refractivity contribution is 5.81. The molecule has 92 valence electrons. The standard InChI is InChI=1S/C12H21NO3/c1-3-8-13-12(11(14)16-4-2)6-5-9-15-10-7-12/h3,13H,1,4-10H2,2H3. The van der Waals surface area contributed by atoms with E-state index in [4.69, 9.17) is 9.47 Å². The lowest BCUT2D eigenvalue weighted by Gasteiger charge is -2.30. The number of carbonyl (C=O) groups is 1. The minimum Gasteiger partial charge on any atom is -0.465 e. The van der Waals surface area contributed by atoms with E-state index in [1.807, 2.05) is 6.92 Å². The van der Waals surface area contributed by atoms with E-state index < -0.39 is 5.54 Å². The van der Waals surface area contributed by atoms with Gasteiger partial charge >= 0.3 is 5.97 Å². The number of rotatable bonds is 5. The van der Waals surface area contributed by atoms with Gasteiger partial charge in [-0.2, -0.15) is 0 Å². The summed E-state index contributed by atoms with van der Waals surface area (Å²) in [5.74, 6) is -0.164. The van der Waals surface area contributed by atoms with Gasteiger partial charge in [0.15, 0.2) is 0 Å². The fraction of sp³-hybridized carbons (Fsp3) is 0.750. The number of hydrogen-bond donors (Lipinski definition) is 1. The van der Waals surface area contributed by atoms with Gasteiger partial charge in [-0.3, -0.25) is 10.1 Å². The normalized spacial score (nSPS) is 25.8. The van der Waals surface area contributed by atoms with E-state index in [0.717, 1.165) is 19.4 Å². The van der Waals surface area contributed by atoms with Crippen molar-refractivity contribution >= 4 is 5.97 Å². The minimum atomic E-state index is -0.583. The van der Waals surface area contributed by atoms with E-state index in [1.165, 1.54) is 0 Å². The molecule has 1 heterocycles. The Morgan fingerprint density at radius 3 is 3.06 bits per heavy atom. The van der Waals surface area contributed by atoms with Crippen LogP contribution in [0.15, 0.2) is 12.7 Å². The predicted octanol–water partition coefficient (Wildman–Crippen LogP) is 1.26. The third-order valence-electron chi connectivity index (χ3n) is 2.82. The van der Waals surface area contributed by atoms with Crippen molar-refractivity contribution in [1.29, 1.82) is 0 Å². The van der Waals surface area contributed by atoms with E-state index in [1.54, 1.807) is 6.08 Å². The molecule has 1 atom stereocenters. The van der Waals surface area contributed by atoms with E-state index >= 15 is 0 Å². The average molecular weight is 227 g/mol. The van der Waals surface area contributed by atoms with Gasteiger partial charge in [0.2, 0.25) is 0 Å². The molecule has 1 N–H and O–H groups in total. The molecule has 0 aromatic rings. The second kappa shape index (κ2) is 6.66. The van der Waals surface area contributed by atoms with E-state index in [0.29, 0.717) is 26.2 Å². The zero-order chi connectivity index (χ0) is 11.9. The molecule has 1 aliphatic heterocycles. The quantitative estimate of drug-likeness (QED) is 0.567. The van der Waals surface area contributed by atoms with Crippen molar-refractivity contribution in [3.63, 3.8) is 0 Å². The Kier molecular flexibility index (Phi) is 5.49. The smallest absolute Gasteiger partial charge is 0.326 e. The van der Waals surface area contributed by atoms with Gasteiger partial charge in [-0.15, -0.1) is 6.58 Å².